The molecule has 1 aliphatic carbocycles. The third-order valence-corrected chi connectivity index (χ3v) is 4.61. The minimum Gasteiger partial charge on any atom is -0.0689 e. The predicted octanol–water partition coefficient (Wildman–Crippen LogP) is 3.44. The first-order chi connectivity index (χ1) is 8.27. The van der Waals surface area contributed by atoms with E-state index in [0.29, 0.717) is 5.54 Å². The van der Waals surface area contributed by atoms with Crippen LogP contribution in [-0.4, -0.2) is 10.2 Å². The molecule has 3 rings (SSSR count). The van der Waals surface area contributed by atoms with Crippen molar-refractivity contribution in [1.82, 2.24) is 0 Å². The van der Waals surface area contributed by atoms with E-state index in [1.165, 1.54) is 27.8 Å². The van der Waals surface area contributed by atoms with Crippen molar-refractivity contribution in [3.8, 4) is 11.1 Å². The van der Waals surface area contributed by atoms with Gasteiger partial charge in [0.1, 0.15) is 0 Å². The molecule has 0 saturated heterocycles. The fourth-order valence-electron chi connectivity index (χ4n) is 2.49. The third kappa shape index (κ3) is 1.67. The normalized spacial score (nSPS) is 17.8. The Morgan fingerprint density at radius 3 is 2.47 bits per heavy atom. The van der Waals surface area contributed by atoms with E-state index in [9.17, 15) is 0 Å². The molecule has 2 aromatic carbocycles. The van der Waals surface area contributed by atoms with Gasteiger partial charge < -0.3 is 0 Å². The number of allylic oxidation sites excluding steroid dienone is 1. The van der Waals surface area contributed by atoms with Crippen LogP contribution in [0.2, 0.25) is 0 Å². The lowest BCUT2D eigenvalue weighted by Gasteiger charge is -2.10. The van der Waals surface area contributed by atoms with E-state index in [1.807, 2.05) is 0 Å². The van der Waals surface area contributed by atoms with Gasteiger partial charge in [0.15, 0.2) is 0 Å². The van der Waals surface area contributed by atoms with E-state index in [-0.39, 0.29) is 0 Å². The van der Waals surface area contributed by atoms with Gasteiger partial charge in [-0.15, -0.1) is 0 Å². The molecule has 83 valence electrons. The Labute approximate surface area is 105 Å². The lowest BCUT2D eigenvalue weighted by atomic mass is 9.97. The quantitative estimate of drug-likeness (QED) is 0.664. The Hall–Kier alpha value is -1.60. The summed E-state index contributed by atoms with van der Waals surface area (Å²) in [6.45, 7) is 2.23. The first-order valence-corrected chi connectivity index (χ1v) is 6.78. The van der Waals surface area contributed by atoms with Crippen molar-refractivity contribution in [3.63, 3.8) is 0 Å². The fraction of sp³-hybridized carbons (Fsp3) is 0.125. The molecule has 0 saturated carbocycles. The summed E-state index contributed by atoms with van der Waals surface area (Å²) in [6, 6.07) is 17.3. The maximum Gasteiger partial charge on any atom is 0.0234 e. The molecule has 1 unspecified atom stereocenters. The first kappa shape index (κ1) is 10.5. The van der Waals surface area contributed by atoms with Crippen molar-refractivity contribution < 1.29 is 0 Å². The first-order valence-electron chi connectivity index (χ1n) is 5.97. The van der Waals surface area contributed by atoms with Crippen LogP contribution in [0.5, 0.6) is 0 Å². The lowest BCUT2D eigenvalue weighted by Crippen LogP contribution is -1.95. The molecule has 0 fully saturated rings. The molecule has 17 heavy (non-hydrogen) atoms. The van der Waals surface area contributed by atoms with E-state index < -0.39 is 0 Å². The summed E-state index contributed by atoms with van der Waals surface area (Å²) >= 11 is 0. The van der Waals surface area contributed by atoms with Gasteiger partial charge in [-0.2, -0.15) is 0 Å². The molecular formula is C16H15Si. The standard InChI is InChI=1S/C16H15Si/c1-11-10-15-13(12-6-3-2-4-7-12)8-5-9-14(15)16(11)17/h2-10,16H,17H2,1H3. The summed E-state index contributed by atoms with van der Waals surface area (Å²) in [5.74, 6) is 0. The van der Waals surface area contributed by atoms with Crippen LogP contribution in [0.3, 0.4) is 0 Å². The number of hydrogen-bond acceptors (Lipinski definition) is 0. The van der Waals surface area contributed by atoms with Gasteiger partial charge in [0.2, 0.25) is 0 Å². The minimum absolute atomic E-state index is 0.591. The fourth-order valence-corrected chi connectivity index (χ4v) is 2.96. The highest BCUT2D eigenvalue weighted by molar-refractivity contribution is 6.16. The largest absolute Gasteiger partial charge is 0.0689 e. The highest BCUT2D eigenvalue weighted by Gasteiger charge is 2.20. The summed E-state index contributed by atoms with van der Waals surface area (Å²) in [4.78, 5) is 0. The van der Waals surface area contributed by atoms with Gasteiger partial charge in [0.25, 0.3) is 0 Å². The van der Waals surface area contributed by atoms with Gasteiger partial charge in [-0.25, -0.2) is 0 Å². The van der Waals surface area contributed by atoms with Gasteiger partial charge in [-0.1, -0.05) is 60.2 Å². The Bertz CT molecular complexity index is 582. The molecule has 0 bridgehead atoms. The van der Waals surface area contributed by atoms with E-state index >= 15 is 0 Å². The van der Waals surface area contributed by atoms with Crippen LogP contribution in [0.15, 0.2) is 54.1 Å². The molecule has 0 aliphatic heterocycles. The zero-order valence-corrected chi connectivity index (χ0v) is 11.4. The van der Waals surface area contributed by atoms with E-state index in [1.54, 1.807) is 0 Å². The Morgan fingerprint density at radius 2 is 1.71 bits per heavy atom. The summed E-state index contributed by atoms with van der Waals surface area (Å²) < 4.78 is 0. The topological polar surface area (TPSA) is 0 Å². The van der Waals surface area contributed by atoms with Crippen LogP contribution in [-0.2, 0) is 0 Å². The maximum atomic E-state index is 2.34. The molecule has 2 aromatic rings. The van der Waals surface area contributed by atoms with E-state index in [2.05, 4.69) is 71.8 Å². The Morgan fingerprint density at radius 1 is 0.941 bits per heavy atom. The second-order valence-corrected chi connectivity index (χ2v) is 5.43. The molecule has 0 N–H and O–H groups in total. The number of rotatable bonds is 1. The summed E-state index contributed by atoms with van der Waals surface area (Å²) in [5.41, 5.74) is 7.62. The average Bonchev–Trinajstić information content (AvgIpc) is 2.67. The number of fused-ring (bicyclic) bond motifs is 1. The van der Waals surface area contributed by atoms with Crippen molar-refractivity contribution in [3.05, 3.63) is 65.2 Å². The van der Waals surface area contributed by atoms with Gasteiger partial charge >= 0.3 is 0 Å². The van der Waals surface area contributed by atoms with Crippen molar-refractivity contribution in [2.24, 2.45) is 0 Å². The summed E-state index contributed by atoms with van der Waals surface area (Å²) in [7, 11) is 2.07. The van der Waals surface area contributed by atoms with Gasteiger partial charge in [-0.3, -0.25) is 0 Å². The molecule has 0 nitrogen and oxygen atoms in total. The smallest absolute Gasteiger partial charge is 0.0234 e. The molecule has 0 heterocycles. The van der Waals surface area contributed by atoms with Crippen LogP contribution in [0.25, 0.3) is 17.2 Å². The monoisotopic (exact) mass is 235 g/mol. The maximum absolute atomic E-state index is 2.34. The van der Waals surface area contributed by atoms with Gasteiger partial charge in [0.05, 0.1) is 0 Å². The van der Waals surface area contributed by atoms with Crippen molar-refractivity contribution in [2.75, 3.05) is 0 Å². The molecule has 1 heteroatoms. The number of benzene rings is 2. The molecule has 1 radical (unpaired) electrons. The highest BCUT2D eigenvalue weighted by Crippen LogP contribution is 2.39. The highest BCUT2D eigenvalue weighted by atomic mass is 28.1. The van der Waals surface area contributed by atoms with Crippen LogP contribution in [0, 0.1) is 0 Å². The number of hydrogen-bond donors (Lipinski definition) is 0. The molecule has 0 amide bonds. The SMILES string of the molecule is CC1=Cc2c(-c3ccccc3)cccc2C1[SiH2]. The molecule has 1 aliphatic rings. The summed E-state index contributed by atoms with van der Waals surface area (Å²) in [6.07, 6.45) is 2.34. The Kier molecular flexibility index (Phi) is 2.48. The van der Waals surface area contributed by atoms with Gasteiger partial charge in [-0.05, 0) is 34.7 Å². The molecule has 1 atom stereocenters. The third-order valence-electron chi connectivity index (χ3n) is 3.52. The van der Waals surface area contributed by atoms with Crippen molar-refractivity contribution in [2.45, 2.75) is 12.5 Å². The van der Waals surface area contributed by atoms with Crippen LogP contribution < -0.4 is 0 Å². The molecular weight excluding hydrogens is 220 g/mol. The second-order valence-electron chi connectivity index (χ2n) is 4.62. The predicted molar refractivity (Wildman–Crippen MR) is 76.8 cm³/mol. The van der Waals surface area contributed by atoms with Gasteiger partial charge in [0, 0.05) is 10.2 Å². The van der Waals surface area contributed by atoms with Crippen molar-refractivity contribution in [1.29, 1.82) is 0 Å². The van der Waals surface area contributed by atoms with E-state index in [4.69, 9.17) is 0 Å². The van der Waals surface area contributed by atoms with Crippen LogP contribution in [0.4, 0.5) is 0 Å². The lowest BCUT2D eigenvalue weighted by molar-refractivity contribution is 1.14. The Balaban J connectivity index is 2.22. The van der Waals surface area contributed by atoms with Crippen molar-refractivity contribution >= 4 is 16.3 Å². The van der Waals surface area contributed by atoms with Crippen LogP contribution >= 0.6 is 0 Å². The molecule has 0 aromatic heterocycles. The van der Waals surface area contributed by atoms with E-state index in [0.717, 1.165) is 0 Å². The zero-order chi connectivity index (χ0) is 11.8. The molecule has 0 spiro atoms. The summed E-state index contributed by atoms with van der Waals surface area (Å²) in [5, 5.41) is 0. The second kappa shape index (κ2) is 4.01. The zero-order valence-electron chi connectivity index (χ0n) is 9.98. The average molecular weight is 235 g/mol. The van der Waals surface area contributed by atoms with Crippen LogP contribution in [0.1, 0.15) is 23.6 Å². The minimum atomic E-state index is 0.591.